The van der Waals surface area contributed by atoms with Crippen LogP contribution in [0.2, 0.25) is 0 Å². The van der Waals surface area contributed by atoms with Crippen LogP contribution < -0.4 is 10.5 Å². The van der Waals surface area contributed by atoms with E-state index in [9.17, 15) is 9.18 Å². The van der Waals surface area contributed by atoms with Gasteiger partial charge in [-0.05, 0) is 32.4 Å². The normalized spacial score (nSPS) is 18.4. The van der Waals surface area contributed by atoms with Gasteiger partial charge in [0.1, 0.15) is 17.2 Å². The standard InChI is InChI=1S/C13H16FNO2/c1-7(15)12(16)9-4-8-6-13(2,3)17-11(8)5-10(9)14/h4-5,7H,6,15H2,1-3H3. The summed E-state index contributed by atoms with van der Waals surface area (Å²) >= 11 is 0. The molecule has 0 fully saturated rings. The van der Waals surface area contributed by atoms with Crippen LogP contribution in [-0.4, -0.2) is 17.4 Å². The Labute approximate surface area is 99.8 Å². The van der Waals surface area contributed by atoms with E-state index in [1.54, 1.807) is 13.0 Å². The van der Waals surface area contributed by atoms with E-state index in [0.29, 0.717) is 12.2 Å². The van der Waals surface area contributed by atoms with Crippen molar-refractivity contribution in [2.24, 2.45) is 5.73 Å². The maximum Gasteiger partial charge on any atom is 0.182 e. The van der Waals surface area contributed by atoms with Gasteiger partial charge in [-0.2, -0.15) is 0 Å². The molecule has 2 N–H and O–H groups in total. The number of hydrogen-bond donors (Lipinski definition) is 1. The molecule has 1 atom stereocenters. The molecule has 1 aliphatic heterocycles. The summed E-state index contributed by atoms with van der Waals surface area (Å²) in [5, 5.41) is 0. The van der Waals surface area contributed by atoms with Gasteiger partial charge in [-0.3, -0.25) is 4.79 Å². The molecule has 1 aliphatic rings. The molecule has 4 heteroatoms. The van der Waals surface area contributed by atoms with Gasteiger partial charge in [-0.1, -0.05) is 0 Å². The third-order valence-corrected chi connectivity index (χ3v) is 2.83. The second kappa shape index (κ2) is 3.81. The van der Waals surface area contributed by atoms with Crippen molar-refractivity contribution in [3.8, 4) is 5.75 Å². The summed E-state index contributed by atoms with van der Waals surface area (Å²) in [6.45, 7) is 5.41. The van der Waals surface area contributed by atoms with Gasteiger partial charge in [0, 0.05) is 12.5 Å². The average Bonchev–Trinajstić information content (AvgIpc) is 2.48. The Hall–Kier alpha value is -1.42. The second-order valence-electron chi connectivity index (χ2n) is 5.13. The molecular weight excluding hydrogens is 221 g/mol. The lowest BCUT2D eigenvalue weighted by Crippen LogP contribution is -2.27. The van der Waals surface area contributed by atoms with Crippen molar-refractivity contribution < 1.29 is 13.9 Å². The number of nitrogens with two attached hydrogens (primary N) is 1. The Balaban J connectivity index is 2.44. The van der Waals surface area contributed by atoms with Gasteiger partial charge in [0.15, 0.2) is 5.78 Å². The maximum atomic E-state index is 13.8. The van der Waals surface area contributed by atoms with Crippen LogP contribution in [0, 0.1) is 5.82 Å². The first-order valence-corrected chi connectivity index (χ1v) is 5.61. The van der Waals surface area contributed by atoms with Crippen molar-refractivity contribution in [2.75, 3.05) is 0 Å². The number of Topliss-reactive ketones (excluding diaryl/α,β-unsaturated/α-hetero) is 1. The Bertz CT molecular complexity index is 481. The molecule has 0 aliphatic carbocycles. The van der Waals surface area contributed by atoms with E-state index in [0.717, 1.165) is 5.56 Å². The maximum absolute atomic E-state index is 13.8. The Morgan fingerprint density at radius 2 is 2.18 bits per heavy atom. The molecule has 1 heterocycles. The quantitative estimate of drug-likeness (QED) is 0.801. The topological polar surface area (TPSA) is 52.3 Å². The zero-order valence-electron chi connectivity index (χ0n) is 10.2. The number of rotatable bonds is 2. The van der Waals surface area contributed by atoms with E-state index in [1.165, 1.54) is 6.07 Å². The summed E-state index contributed by atoms with van der Waals surface area (Å²) < 4.78 is 19.3. The van der Waals surface area contributed by atoms with Crippen LogP contribution in [0.3, 0.4) is 0 Å². The Morgan fingerprint density at radius 1 is 1.53 bits per heavy atom. The number of carbonyl (C=O) groups excluding carboxylic acids is 1. The van der Waals surface area contributed by atoms with Crippen molar-refractivity contribution in [1.82, 2.24) is 0 Å². The fraction of sp³-hybridized carbons (Fsp3) is 0.462. The van der Waals surface area contributed by atoms with Gasteiger partial charge in [-0.25, -0.2) is 4.39 Å². The average molecular weight is 237 g/mol. The SMILES string of the molecule is CC(N)C(=O)c1cc2c(cc1F)OC(C)(C)C2. The minimum Gasteiger partial charge on any atom is -0.487 e. The minimum atomic E-state index is -0.696. The molecule has 0 spiro atoms. The predicted molar refractivity (Wildman–Crippen MR) is 62.8 cm³/mol. The molecule has 17 heavy (non-hydrogen) atoms. The van der Waals surface area contributed by atoms with E-state index in [2.05, 4.69) is 0 Å². The number of hydrogen-bond acceptors (Lipinski definition) is 3. The first-order chi connectivity index (χ1) is 7.80. The number of fused-ring (bicyclic) bond motifs is 1. The van der Waals surface area contributed by atoms with E-state index in [4.69, 9.17) is 10.5 Å². The zero-order valence-corrected chi connectivity index (χ0v) is 10.2. The molecule has 0 radical (unpaired) electrons. The molecule has 2 rings (SSSR count). The fourth-order valence-electron chi connectivity index (χ4n) is 2.06. The van der Waals surface area contributed by atoms with Gasteiger partial charge < -0.3 is 10.5 Å². The summed E-state index contributed by atoms with van der Waals surface area (Å²) in [6, 6.07) is 2.14. The Kier molecular flexibility index (Phi) is 2.70. The predicted octanol–water partition coefficient (Wildman–Crippen LogP) is 2.07. The third kappa shape index (κ3) is 2.17. The molecule has 1 aromatic carbocycles. The van der Waals surface area contributed by atoms with Gasteiger partial charge in [0.25, 0.3) is 0 Å². The van der Waals surface area contributed by atoms with Crippen molar-refractivity contribution in [3.63, 3.8) is 0 Å². The van der Waals surface area contributed by atoms with Crippen molar-refractivity contribution in [3.05, 3.63) is 29.1 Å². The smallest absolute Gasteiger partial charge is 0.182 e. The monoisotopic (exact) mass is 237 g/mol. The summed E-state index contributed by atoms with van der Waals surface area (Å²) in [5.41, 5.74) is 6.06. The van der Waals surface area contributed by atoms with Crippen LogP contribution in [-0.2, 0) is 6.42 Å². The summed E-state index contributed by atoms with van der Waals surface area (Å²) in [7, 11) is 0. The zero-order chi connectivity index (χ0) is 12.8. The highest BCUT2D eigenvalue weighted by Crippen LogP contribution is 2.36. The number of ether oxygens (including phenoxy) is 1. The molecule has 0 saturated heterocycles. The molecule has 0 amide bonds. The number of ketones is 1. The fourth-order valence-corrected chi connectivity index (χ4v) is 2.06. The molecule has 0 aromatic heterocycles. The third-order valence-electron chi connectivity index (χ3n) is 2.83. The van der Waals surface area contributed by atoms with E-state index >= 15 is 0 Å². The summed E-state index contributed by atoms with van der Waals surface area (Å²) in [6.07, 6.45) is 0.668. The van der Waals surface area contributed by atoms with Crippen LogP contribution in [0.15, 0.2) is 12.1 Å². The van der Waals surface area contributed by atoms with Crippen molar-refractivity contribution >= 4 is 5.78 Å². The van der Waals surface area contributed by atoms with Crippen LogP contribution in [0.5, 0.6) is 5.75 Å². The van der Waals surface area contributed by atoms with Crippen LogP contribution >= 0.6 is 0 Å². The molecular formula is C13H16FNO2. The molecule has 1 unspecified atom stereocenters. The minimum absolute atomic E-state index is 0.0556. The van der Waals surface area contributed by atoms with Crippen molar-refractivity contribution in [2.45, 2.75) is 38.8 Å². The molecule has 1 aromatic rings. The van der Waals surface area contributed by atoms with E-state index < -0.39 is 11.9 Å². The lowest BCUT2D eigenvalue weighted by atomic mass is 9.97. The first kappa shape index (κ1) is 12.0. The van der Waals surface area contributed by atoms with Gasteiger partial charge >= 0.3 is 0 Å². The first-order valence-electron chi connectivity index (χ1n) is 5.61. The van der Waals surface area contributed by atoms with Gasteiger partial charge in [-0.15, -0.1) is 0 Å². The molecule has 92 valence electrons. The highest BCUT2D eigenvalue weighted by atomic mass is 19.1. The largest absolute Gasteiger partial charge is 0.487 e. The number of carbonyl (C=O) groups is 1. The van der Waals surface area contributed by atoms with Crippen molar-refractivity contribution in [1.29, 1.82) is 0 Å². The second-order valence-corrected chi connectivity index (χ2v) is 5.13. The van der Waals surface area contributed by atoms with Crippen LogP contribution in [0.4, 0.5) is 4.39 Å². The Morgan fingerprint density at radius 3 is 2.76 bits per heavy atom. The van der Waals surface area contributed by atoms with Crippen LogP contribution in [0.25, 0.3) is 0 Å². The lowest BCUT2D eigenvalue weighted by molar-refractivity contribution is 0.0964. The van der Waals surface area contributed by atoms with Gasteiger partial charge in [0.05, 0.1) is 11.6 Å². The lowest BCUT2D eigenvalue weighted by Gasteiger charge is -2.16. The summed E-state index contributed by atoms with van der Waals surface area (Å²) in [5.74, 6) is -0.424. The molecule has 0 saturated carbocycles. The highest BCUT2D eigenvalue weighted by molar-refractivity contribution is 6.00. The highest BCUT2D eigenvalue weighted by Gasteiger charge is 2.32. The molecule has 3 nitrogen and oxygen atoms in total. The van der Waals surface area contributed by atoms with Gasteiger partial charge in [0.2, 0.25) is 0 Å². The number of benzene rings is 1. The van der Waals surface area contributed by atoms with Crippen LogP contribution in [0.1, 0.15) is 36.7 Å². The summed E-state index contributed by atoms with van der Waals surface area (Å²) in [4.78, 5) is 11.7. The van der Waals surface area contributed by atoms with E-state index in [-0.39, 0.29) is 16.9 Å². The number of halogens is 1. The van der Waals surface area contributed by atoms with E-state index in [1.807, 2.05) is 13.8 Å². The molecule has 0 bridgehead atoms.